The molecule has 0 aliphatic heterocycles. The number of carbonyl (C=O) groups excluding carboxylic acids is 1. The van der Waals surface area contributed by atoms with Crippen molar-refractivity contribution in [2.75, 3.05) is 0 Å². The fraction of sp³-hybridized carbons (Fsp3) is 0.700. The Morgan fingerprint density at radius 1 is 1.33 bits per heavy atom. The summed E-state index contributed by atoms with van der Waals surface area (Å²) in [5.74, 6) is -0.299. The fourth-order valence-corrected chi connectivity index (χ4v) is 1.75. The highest BCUT2D eigenvalue weighted by molar-refractivity contribution is 6.68. The third-order valence-electron chi connectivity index (χ3n) is 2.36. The molecule has 0 aromatic carbocycles. The lowest BCUT2D eigenvalue weighted by Gasteiger charge is -2.31. The maximum atomic E-state index is 12.3. The normalized spacial score (nSPS) is 16.4. The van der Waals surface area contributed by atoms with Gasteiger partial charge >= 0.3 is 0 Å². The first-order valence-corrected chi connectivity index (χ1v) is 6.31. The van der Waals surface area contributed by atoms with Gasteiger partial charge in [0.25, 0.3) is 0 Å². The van der Waals surface area contributed by atoms with E-state index in [1.165, 1.54) is 17.3 Å². The molecule has 0 fully saturated rings. The molecule has 1 aromatic rings. The van der Waals surface area contributed by atoms with Crippen molar-refractivity contribution in [3.05, 3.63) is 12.7 Å². The lowest BCUT2D eigenvalue weighted by molar-refractivity contribution is -0.133. The van der Waals surface area contributed by atoms with Gasteiger partial charge in [0.15, 0.2) is 5.78 Å². The second kappa shape index (κ2) is 5.33. The van der Waals surface area contributed by atoms with Gasteiger partial charge in [0.1, 0.15) is 24.8 Å². The number of nitrogens with zero attached hydrogens (tertiary/aromatic N) is 3. The van der Waals surface area contributed by atoms with Crippen LogP contribution in [0.15, 0.2) is 12.7 Å². The zero-order chi connectivity index (χ0) is 14.1. The fourth-order valence-electron chi connectivity index (χ4n) is 1.39. The van der Waals surface area contributed by atoms with E-state index in [-0.39, 0.29) is 5.78 Å². The first kappa shape index (κ1) is 15.7. The monoisotopic (exact) mass is 313 g/mol. The minimum Gasteiger partial charge on any atom is -0.386 e. The third-order valence-corrected chi connectivity index (χ3v) is 3.03. The van der Waals surface area contributed by atoms with E-state index in [9.17, 15) is 9.90 Å². The molecule has 0 aliphatic rings. The Labute approximate surface area is 120 Å². The van der Waals surface area contributed by atoms with Crippen molar-refractivity contribution in [3.63, 3.8) is 0 Å². The van der Waals surface area contributed by atoms with Crippen LogP contribution in [0.1, 0.15) is 26.8 Å². The molecule has 0 spiro atoms. The molecule has 0 bridgehead atoms. The minimum absolute atomic E-state index is 0.299. The summed E-state index contributed by atoms with van der Waals surface area (Å²) in [4.78, 5) is 16.1. The maximum Gasteiger partial charge on any atom is 0.218 e. The Morgan fingerprint density at radius 3 is 2.22 bits per heavy atom. The van der Waals surface area contributed by atoms with E-state index >= 15 is 0 Å². The number of halogens is 3. The van der Waals surface area contributed by atoms with Crippen molar-refractivity contribution in [3.8, 4) is 0 Å². The summed E-state index contributed by atoms with van der Waals surface area (Å²) in [6.45, 7) is 5.14. The van der Waals surface area contributed by atoms with Crippen LogP contribution in [0.3, 0.4) is 0 Å². The van der Waals surface area contributed by atoms with Gasteiger partial charge in [-0.2, -0.15) is 5.10 Å². The van der Waals surface area contributed by atoms with Crippen LogP contribution in [0.2, 0.25) is 0 Å². The van der Waals surface area contributed by atoms with Crippen LogP contribution in [0.4, 0.5) is 0 Å². The summed E-state index contributed by atoms with van der Waals surface area (Å²) in [5, 5.41) is 13.9. The highest BCUT2D eigenvalue weighted by Crippen LogP contribution is 2.38. The number of alkyl halides is 3. The molecular weight excluding hydrogens is 300 g/mol. The van der Waals surface area contributed by atoms with Crippen molar-refractivity contribution in [2.24, 2.45) is 5.41 Å². The number of hydrogen-bond acceptors (Lipinski definition) is 4. The summed E-state index contributed by atoms with van der Waals surface area (Å²) in [7, 11) is 0. The molecule has 5 nitrogen and oxygen atoms in total. The Kier molecular flexibility index (Phi) is 4.65. The Bertz CT molecular complexity index is 409. The van der Waals surface area contributed by atoms with Gasteiger partial charge in [-0.3, -0.25) is 4.79 Å². The molecule has 2 atom stereocenters. The Balaban J connectivity index is 3.17. The highest BCUT2D eigenvalue weighted by Gasteiger charge is 2.45. The topological polar surface area (TPSA) is 68.0 Å². The SMILES string of the molecule is CC(C)(C)C(=O)C(C(O)C(Cl)(Cl)Cl)n1cncn1. The average molecular weight is 315 g/mol. The minimum atomic E-state index is -1.99. The van der Waals surface area contributed by atoms with Gasteiger partial charge in [0.2, 0.25) is 3.79 Å². The summed E-state index contributed by atoms with van der Waals surface area (Å²) >= 11 is 17.0. The summed E-state index contributed by atoms with van der Waals surface area (Å²) in [6.07, 6.45) is 1.03. The number of hydrogen-bond donors (Lipinski definition) is 1. The summed E-state index contributed by atoms with van der Waals surface area (Å²) < 4.78 is -0.794. The molecule has 1 heterocycles. The van der Waals surface area contributed by atoms with Gasteiger partial charge in [0.05, 0.1) is 0 Å². The standard InChI is InChI=1S/C10H14Cl3N3O2/c1-9(2,3)7(17)6(8(18)10(11,12)13)16-5-14-4-15-16/h4-6,8,18H,1-3H3. The molecule has 0 aliphatic carbocycles. The van der Waals surface area contributed by atoms with E-state index < -0.39 is 21.4 Å². The van der Waals surface area contributed by atoms with Crippen LogP contribution in [0.25, 0.3) is 0 Å². The molecule has 8 heteroatoms. The smallest absolute Gasteiger partial charge is 0.218 e. The molecule has 1 rings (SSSR count). The second-order valence-corrected chi connectivity index (χ2v) is 7.29. The first-order chi connectivity index (χ1) is 8.05. The number of aromatic nitrogens is 3. The number of Topliss-reactive ketones (excluding diaryl/α,β-unsaturated/α-hetero) is 1. The van der Waals surface area contributed by atoms with Crippen molar-refractivity contribution in [1.29, 1.82) is 0 Å². The quantitative estimate of drug-likeness (QED) is 0.868. The Morgan fingerprint density at radius 2 is 1.89 bits per heavy atom. The highest BCUT2D eigenvalue weighted by atomic mass is 35.6. The molecule has 0 amide bonds. The predicted octanol–water partition coefficient (Wildman–Crippen LogP) is 2.17. The van der Waals surface area contributed by atoms with E-state index in [1.807, 2.05) is 0 Å². The van der Waals surface area contributed by atoms with E-state index in [0.717, 1.165) is 0 Å². The van der Waals surface area contributed by atoms with E-state index in [1.54, 1.807) is 20.8 Å². The van der Waals surface area contributed by atoms with E-state index in [0.29, 0.717) is 0 Å². The molecule has 102 valence electrons. The molecular formula is C10H14Cl3N3O2. The molecule has 18 heavy (non-hydrogen) atoms. The number of carbonyl (C=O) groups is 1. The largest absolute Gasteiger partial charge is 0.386 e. The number of aliphatic hydroxyl groups excluding tert-OH is 1. The van der Waals surface area contributed by atoms with Gasteiger partial charge < -0.3 is 5.11 Å². The third kappa shape index (κ3) is 3.57. The van der Waals surface area contributed by atoms with E-state index in [2.05, 4.69) is 10.1 Å². The Hall–Kier alpha value is -0.360. The zero-order valence-corrected chi connectivity index (χ0v) is 12.4. The lowest BCUT2D eigenvalue weighted by atomic mass is 9.85. The molecule has 2 unspecified atom stereocenters. The van der Waals surface area contributed by atoms with Crippen molar-refractivity contribution in [1.82, 2.24) is 14.8 Å². The van der Waals surface area contributed by atoms with E-state index in [4.69, 9.17) is 34.8 Å². The van der Waals surface area contributed by atoms with Crippen LogP contribution >= 0.6 is 34.8 Å². The second-order valence-electron chi connectivity index (χ2n) is 4.92. The average Bonchev–Trinajstić information content (AvgIpc) is 2.68. The molecule has 1 aromatic heterocycles. The molecule has 0 saturated carbocycles. The van der Waals surface area contributed by atoms with Crippen molar-refractivity contribution in [2.45, 2.75) is 36.7 Å². The van der Waals surface area contributed by atoms with Gasteiger partial charge in [-0.25, -0.2) is 9.67 Å². The molecule has 1 N–H and O–H groups in total. The van der Waals surface area contributed by atoms with Crippen LogP contribution in [-0.4, -0.2) is 35.6 Å². The summed E-state index contributed by atoms with van der Waals surface area (Å²) in [5.41, 5.74) is -0.715. The summed E-state index contributed by atoms with van der Waals surface area (Å²) in [6, 6.07) is -1.10. The molecule has 0 radical (unpaired) electrons. The predicted molar refractivity (Wildman–Crippen MR) is 69.8 cm³/mol. The van der Waals surface area contributed by atoms with Gasteiger partial charge in [-0.15, -0.1) is 0 Å². The maximum absolute atomic E-state index is 12.3. The van der Waals surface area contributed by atoms with Crippen LogP contribution in [0.5, 0.6) is 0 Å². The van der Waals surface area contributed by atoms with Gasteiger partial charge in [-0.1, -0.05) is 55.6 Å². The van der Waals surface area contributed by atoms with Gasteiger partial charge in [-0.05, 0) is 0 Å². The van der Waals surface area contributed by atoms with Crippen molar-refractivity contribution >= 4 is 40.6 Å². The number of aliphatic hydroxyl groups is 1. The first-order valence-electron chi connectivity index (χ1n) is 5.18. The van der Waals surface area contributed by atoms with Crippen molar-refractivity contribution < 1.29 is 9.90 Å². The van der Waals surface area contributed by atoms with Crippen LogP contribution in [0, 0.1) is 5.41 Å². The zero-order valence-electron chi connectivity index (χ0n) is 10.1. The van der Waals surface area contributed by atoms with Gasteiger partial charge in [0, 0.05) is 5.41 Å². The molecule has 0 saturated heterocycles. The number of rotatable bonds is 3. The lowest BCUT2D eigenvalue weighted by Crippen LogP contribution is -2.44. The number of ketones is 1. The van der Waals surface area contributed by atoms with Crippen LogP contribution < -0.4 is 0 Å². The van der Waals surface area contributed by atoms with Crippen LogP contribution in [-0.2, 0) is 4.79 Å².